The summed E-state index contributed by atoms with van der Waals surface area (Å²) in [6.45, 7) is 3.35. The molecule has 60 valence electrons. The van der Waals surface area contributed by atoms with Crippen molar-refractivity contribution in [1.82, 2.24) is 5.32 Å². The molecule has 0 aromatic rings. The summed E-state index contributed by atoms with van der Waals surface area (Å²) < 4.78 is 5.32. The Hall–Kier alpha value is -0.0800. The van der Waals surface area contributed by atoms with Gasteiger partial charge < -0.3 is 10.1 Å². The van der Waals surface area contributed by atoms with Crippen LogP contribution in [0.25, 0.3) is 0 Å². The van der Waals surface area contributed by atoms with Crippen molar-refractivity contribution in [3.8, 4) is 0 Å². The van der Waals surface area contributed by atoms with E-state index in [-0.39, 0.29) is 0 Å². The Bertz CT molecular complexity index is 85.3. The third-order valence-electron chi connectivity index (χ3n) is 2.25. The highest BCUT2D eigenvalue weighted by atomic mass is 16.5. The minimum absolute atomic E-state index is 0.433. The number of hydrogen-bond acceptors (Lipinski definition) is 2. The van der Waals surface area contributed by atoms with E-state index in [2.05, 4.69) is 12.2 Å². The quantitative estimate of drug-likeness (QED) is 0.640. The topological polar surface area (TPSA) is 21.3 Å². The Morgan fingerprint density at radius 1 is 1.70 bits per heavy atom. The average Bonchev–Trinajstić information content (AvgIpc) is 2.43. The molecule has 1 aliphatic rings. The zero-order valence-corrected chi connectivity index (χ0v) is 6.89. The van der Waals surface area contributed by atoms with E-state index >= 15 is 0 Å². The van der Waals surface area contributed by atoms with Crippen LogP contribution in [0.2, 0.25) is 0 Å². The van der Waals surface area contributed by atoms with Crippen molar-refractivity contribution in [1.29, 1.82) is 0 Å². The zero-order chi connectivity index (χ0) is 7.40. The summed E-state index contributed by atoms with van der Waals surface area (Å²) in [6, 6.07) is 0.620. The molecule has 1 rings (SSSR count). The molecule has 1 N–H and O–H groups in total. The normalized spacial score (nSPS) is 28.8. The van der Waals surface area contributed by atoms with Crippen molar-refractivity contribution in [3.05, 3.63) is 0 Å². The van der Waals surface area contributed by atoms with E-state index in [1.165, 1.54) is 19.4 Å². The molecule has 10 heavy (non-hydrogen) atoms. The molecule has 0 aromatic carbocycles. The third-order valence-corrected chi connectivity index (χ3v) is 2.25. The first-order chi connectivity index (χ1) is 4.88. The Labute approximate surface area is 63.0 Å². The Morgan fingerprint density at radius 3 is 2.90 bits per heavy atom. The maximum absolute atomic E-state index is 5.32. The van der Waals surface area contributed by atoms with Crippen LogP contribution in [0.15, 0.2) is 0 Å². The molecular formula is C8H17NO. The lowest BCUT2D eigenvalue weighted by Gasteiger charge is -2.20. The van der Waals surface area contributed by atoms with Crippen LogP contribution in [0.3, 0.4) is 0 Å². The third kappa shape index (κ3) is 1.70. The van der Waals surface area contributed by atoms with Crippen LogP contribution in [0.1, 0.15) is 26.2 Å². The minimum Gasteiger partial charge on any atom is -0.380 e. The summed E-state index contributed by atoms with van der Waals surface area (Å²) in [4.78, 5) is 0. The molecule has 1 saturated heterocycles. The first kappa shape index (κ1) is 8.02. The van der Waals surface area contributed by atoms with E-state index in [1.54, 1.807) is 7.11 Å². The van der Waals surface area contributed by atoms with Crippen LogP contribution < -0.4 is 5.32 Å². The number of hydrogen-bond donors (Lipinski definition) is 1. The fourth-order valence-electron chi connectivity index (χ4n) is 1.64. The lowest BCUT2D eigenvalue weighted by atomic mass is 10.1. The van der Waals surface area contributed by atoms with E-state index in [9.17, 15) is 0 Å². The van der Waals surface area contributed by atoms with E-state index in [0.717, 1.165) is 6.42 Å². The fourth-order valence-corrected chi connectivity index (χ4v) is 1.64. The monoisotopic (exact) mass is 143 g/mol. The van der Waals surface area contributed by atoms with Gasteiger partial charge in [0.25, 0.3) is 0 Å². The highest BCUT2D eigenvalue weighted by Crippen LogP contribution is 2.13. The lowest BCUT2D eigenvalue weighted by Crippen LogP contribution is -2.35. The molecule has 2 heteroatoms. The second-order valence-electron chi connectivity index (χ2n) is 2.89. The minimum atomic E-state index is 0.433. The van der Waals surface area contributed by atoms with E-state index in [4.69, 9.17) is 4.74 Å². The Kier molecular flexibility index (Phi) is 3.16. The molecule has 2 nitrogen and oxygen atoms in total. The molecule has 0 aromatic heterocycles. The summed E-state index contributed by atoms with van der Waals surface area (Å²) in [6.07, 6.45) is 4.15. The van der Waals surface area contributed by atoms with Crippen molar-refractivity contribution in [3.63, 3.8) is 0 Å². The predicted molar refractivity (Wildman–Crippen MR) is 42.1 cm³/mol. The Morgan fingerprint density at radius 2 is 2.50 bits per heavy atom. The number of ether oxygens (including phenoxy) is 1. The smallest absolute Gasteiger partial charge is 0.0721 e. The molecule has 0 aliphatic carbocycles. The zero-order valence-electron chi connectivity index (χ0n) is 6.89. The molecule has 0 bridgehead atoms. The van der Waals surface area contributed by atoms with Gasteiger partial charge in [0.1, 0.15) is 0 Å². The van der Waals surface area contributed by atoms with Crippen LogP contribution in [0.5, 0.6) is 0 Å². The molecular weight excluding hydrogens is 126 g/mol. The SMILES string of the molecule is CC[C@@H](OC)C1CCCN1. The van der Waals surface area contributed by atoms with Crippen LogP contribution in [-0.4, -0.2) is 25.8 Å². The van der Waals surface area contributed by atoms with Gasteiger partial charge in [0.05, 0.1) is 6.10 Å². The van der Waals surface area contributed by atoms with Crippen LogP contribution in [0.4, 0.5) is 0 Å². The van der Waals surface area contributed by atoms with Crippen molar-refractivity contribution >= 4 is 0 Å². The van der Waals surface area contributed by atoms with Gasteiger partial charge in [-0.2, -0.15) is 0 Å². The van der Waals surface area contributed by atoms with Gasteiger partial charge in [0, 0.05) is 13.2 Å². The average molecular weight is 143 g/mol. The standard InChI is InChI=1S/C8H17NO/c1-3-8(10-2)7-5-4-6-9-7/h7-9H,3-6H2,1-2H3/t7?,8-/m1/s1. The molecule has 1 heterocycles. The summed E-state index contributed by atoms with van der Waals surface area (Å²) >= 11 is 0. The van der Waals surface area contributed by atoms with E-state index < -0.39 is 0 Å². The Balaban J connectivity index is 2.29. The van der Waals surface area contributed by atoms with Gasteiger partial charge in [-0.15, -0.1) is 0 Å². The highest BCUT2D eigenvalue weighted by molar-refractivity contribution is 4.81. The van der Waals surface area contributed by atoms with E-state index in [0.29, 0.717) is 12.1 Å². The predicted octanol–water partition coefficient (Wildman–Crippen LogP) is 1.16. The van der Waals surface area contributed by atoms with Crippen LogP contribution in [-0.2, 0) is 4.74 Å². The van der Waals surface area contributed by atoms with E-state index in [1.807, 2.05) is 0 Å². The molecule has 2 atom stereocenters. The summed E-state index contributed by atoms with van der Waals surface area (Å²) in [5.41, 5.74) is 0. The largest absolute Gasteiger partial charge is 0.380 e. The second-order valence-corrected chi connectivity index (χ2v) is 2.89. The fraction of sp³-hybridized carbons (Fsp3) is 1.00. The van der Waals surface area contributed by atoms with Crippen molar-refractivity contribution in [2.75, 3.05) is 13.7 Å². The molecule has 0 spiro atoms. The number of methoxy groups -OCH3 is 1. The lowest BCUT2D eigenvalue weighted by molar-refractivity contribution is 0.0714. The number of nitrogens with one attached hydrogen (secondary N) is 1. The summed E-state index contributed by atoms with van der Waals surface area (Å²) in [5.74, 6) is 0. The maximum atomic E-state index is 5.32. The summed E-state index contributed by atoms with van der Waals surface area (Å²) in [7, 11) is 1.80. The van der Waals surface area contributed by atoms with Crippen molar-refractivity contribution in [2.45, 2.75) is 38.3 Å². The van der Waals surface area contributed by atoms with Crippen molar-refractivity contribution in [2.24, 2.45) is 0 Å². The number of rotatable bonds is 3. The van der Waals surface area contributed by atoms with Gasteiger partial charge >= 0.3 is 0 Å². The van der Waals surface area contributed by atoms with Gasteiger partial charge in [-0.25, -0.2) is 0 Å². The van der Waals surface area contributed by atoms with Gasteiger partial charge in [0.15, 0.2) is 0 Å². The maximum Gasteiger partial charge on any atom is 0.0721 e. The molecule has 1 fully saturated rings. The van der Waals surface area contributed by atoms with Crippen molar-refractivity contribution < 1.29 is 4.74 Å². The molecule has 0 amide bonds. The first-order valence-electron chi connectivity index (χ1n) is 4.14. The highest BCUT2D eigenvalue weighted by Gasteiger charge is 2.22. The van der Waals surface area contributed by atoms with Crippen LogP contribution >= 0.6 is 0 Å². The second kappa shape index (κ2) is 3.94. The molecule has 1 unspecified atom stereocenters. The van der Waals surface area contributed by atoms with Gasteiger partial charge in [-0.3, -0.25) is 0 Å². The molecule has 1 aliphatic heterocycles. The van der Waals surface area contributed by atoms with Gasteiger partial charge in [0.2, 0.25) is 0 Å². The summed E-state index contributed by atoms with van der Waals surface area (Å²) in [5, 5.41) is 3.43. The van der Waals surface area contributed by atoms with Gasteiger partial charge in [-0.1, -0.05) is 6.92 Å². The van der Waals surface area contributed by atoms with Gasteiger partial charge in [-0.05, 0) is 25.8 Å². The first-order valence-corrected chi connectivity index (χ1v) is 4.14. The molecule has 0 saturated carbocycles. The molecule has 0 radical (unpaired) electrons. The van der Waals surface area contributed by atoms with Crippen LogP contribution in [0, 0.1) is 0 Å².